The molecular formula is C14H22N4. The second-order valence-electron chi connectivity index (χ2n) is 4.05. The van der Waals surface area contributed by atoms with Gasteiger partial charge in [-0.3, -0.25) is 0 Å². The summed E-state index contributed by atoms with van der Waals surface area (Å²) >= 11 is 0. The number of rotatable bonds is 7. The lowest BCUT2D eigenvalue weighted by Gasteiger charge is -2.06. The molecule has 4 nitrogen and oxygen atoms in total. The molecule has 0 radical (unpaired) electrons. The predicted molar refractivity (Wildman–Crippen MR) is 79.3 cm³/mol. The van der Waals surface area contributed by atoms with E-state index in [1.165, 1.54) is 5.56 Å². The fourth-order valence-corrected chi connectivity index (χ4v) is 1.71. The molecule has 0 unspecified atom stereocenters. The Balaban J connectivity index is 2.83. The molecule has 1 rings (SSSR count). The molecule has 0 bridgehead atoms. The second kappa shape index (κ2) is 8.55. The molecule has 1 aromatic carbocycles. The maximum atomic E-state index is 4.55. The van der Waals surface area contributed by atoms with Crippen LogP contribution in [0.4, 0.5) is 5.69 Å². The SMILES string of the molecule is C=NC(CNC)=Nc1ccccc1CCCNC. The van der Waals surface area contributed by atoms with Gasteiger partial charge in [0, 0.05) is 0 Å². The Morgan fingerprint density at radius 1 is 1.22 bits per heavy atom. The molecule has 18 heavy (non-hydrogen) atoms. The van der Waals surface area contributed by atoms with Crippen molar-refractivity contribution in [2.24, 2.45) is 9.98 Å². The van der Waals surface area contributed by atoms with E-state index in [1.807, 2.05) is 32.3 Å². The molecule has 0 atom stereocenters. The predicted octanol–water partition coefficient (Wildman–Crippen LogP) is 1.79. The van der Waals surface area contributed by atoms with Crippen molar-refractivity contribution >= 4 is 18.2 Å². The van der Waals surface area contributed by atoms with E-state index < -0.39 is 0 Å². The topological polar surface area (TPSA) is 48.8 Å². The number of amidine groups is 1. The minimum Gasteiger partial charge on any atom is -0.320 e. The van der Waals surface area contributed by atoms with Crippen LogP contribution in [0.2, 0.25) is 0 Å². The van der Waals surface area contributed by atoms with E-state index in [-0.39, 0.29) is 0 Å². The van der Waals surface area contributed by atoms with Crippen LogP contribution in [0.3, 0.4) is 0 Å². The number of aliphatic imine (C=N–C) groups is 2. The summed E-state index contributed by atoms with van der Waals surface area (Å²) < 4.78 is 0. The van der Waals surface area contributed by atoms with Crippen LogP contribution in [0.1, 0.15) is 12.0 Å². The fourth-order valence-electron chi connectivity index (χ4n) is 1.71. The highest BCUT2D eigenvalue weighted by Crippen LogP contribution is 2.20. The van der Waals surface area contributed by atoms with Gasteiger partial charge in [-0.15, -0.1) is 0 Å². The van der Waals surface area contributed by atoms with Crippen LogP contribution in [0.25, 0.3) is 0 Å². The van der Waals surface area contributed by atoms with E-state index in [2.05, 4.69) is 33.4 Å². The molecule has 4 heteroatoms. The average Bonchev–Trinajstić information content (AvgIpc) is 2.40. The zero-order valence-corrected chi connectivity index (χ0v) is 11.2. The highest BCUT2D eigenvalue weighted by Gasteiger charge is 2.02. The van der Waals surface area contributed by atoms with Crippen molar-refractivity contribution in [3.63, 3.8) is 0 Å². The standard InChI is InChI=1S/C14H22N4/c1-15-10-6-8-12-7-4-5-9-13(12)18-14(17-3)11-16-2/h4-5,7,9,15-16H,3,6,8,10-11H2,1-2H3. The van der Waals surface area contributed by atoms with Crippen molar-refractivity contribution in [2.45, 2.75) is 12.8 Å². The van der Waals surface area contributed by atoms with Gasteiger partial charge in [0.25, 0.3) is 0 Å². The van der Waals surface area contributed by atoms with Crippen LogP contribution in [0, 0.1) is 0 Å². The van der Waals surface area contributed by atoms with Gasteiger partial charge in [-0.25, -0.2) is 9.98 Å². The minimum atomic E-state index is 0.633. The molecule has 98 valence electrons. The van der Waals surface area contributed by atoms with Crippen molar-refractivity contribution in [1.29, 1.82) is 0 Å². The first kappa shape index (κ1) is 14.5. The molecule has 0 saturated carbocycles. The number of benzene rings is 1. The quantitative estimate of drug-likeness (QED) is 0.438. The Hall–Kier alpha value is -1.52. The molecule has 0 amide bonds. The summed E-state index contributed by atoms with van der Waals surface area (Å²) in [6, 6.07) is 8.19. The Morgan fingerprint density at radius 3 is 2.67 bits per heavy atom. The molecule has 0 fully saturated rings. The van der Waals surface area contributed by atoms with Gasteiger partial charge in [0.2, 0.25) is 0 Å². The Kier molecular flexibility index (Phi) is 6.91. The number of nitrogens with zero attached hydrogens (tertiary/aromatic N) is 2. The van der Waals surface area contributed by atoms with Crippen LogP contribution >= 0.6 is 0 Å². The molecule has 0 heterocycles. The Morgan fingerprint density at radius 2 is 2.00 bits per heavy atom. The van der Waals surface area contributed by atoms with Crippen LogP contribution in [0.5, 0.6) is 0 Å². The Bertz CT molecular complexity index is 399. The van der Waals surface area contributed by atoms with Gasteiger partial charge in [0.05, 0.1) is 12.2 Å². The molecule has 0 aliphatic heterocycles. The smallest absolute Gasteiger partial charge is 0.141 e. The van der Waals surface area contributed by atoms with Gasteiger partial charge < -0.3 is 10.6 Å². The molecule has 2 N–H and O–H groups in total. The van der Waals surface area contributed by atoms with Gasteiger partial charge >= 0.3 is 0 Å². The zero-order valence-electron chi connectivity index (χ0n) is 11.2. The van der Waals surface area contributed by atoms with Gasteiger partial charge in [-0.05, 0) is 51.8 Å². The summed E-state index contributed by atoms with van der Waals surface area (Å²) in [5, 5.41) is 6.19. The van der Waals surface area contributed by atoms with E-state index in [4.69, 9.17) is 0 Å². The number of aryl methyl sites for hydroxylation is 1. The Labute approximate surface area is 109 Å². The van der Waals surface area contributed by atoms with Gasteiger partial charge in [0.1, 0.15) is 5.84 Å². The summed E-state index contributed by atoms with van der Waals surface area (Å²) in [5.74, 6) is 0.721. The average molecular weight is 246 g/mol. The highest BCUT2D eigenvalue weighted by atomic mass is 15.0. The van der Waals surface area contributed by atoms with Gasteiger partial charge in [-0.2, -0.15) is 0 Å². The maximum absolute atomic E-state index is 4.55. The number of nitrogens with one attached hydrogen (secondary N) is 2. The first-order valence-electron chi connectivity index (χ1n) is 6.23. The summed E-state index contributed by atoms with van der Waals surface area (Å²) in [5.41, 5.74) is 2.25. The number of hydrogen-bond acceptors (Lipinski definition) is 3. The van der Waals surface area contributed by atoms with Crippen LogP contribution < -0.4 is 10.6 Å². The minimum absolute atomic E-state index is 0.633. The summed E-state index contributed by atoms with van der Waals surface area (Å²) in [7, 11) is 3.84. The largest absolute Gasteiger partial charge is 0.320 e. The highest BCUT2D eigenvalue weighted by molar-refractivity contribution is 5.90. The number of para-hydroxylation sites is 1. The van der Waals surface area contributed by atoms with Crippen LogP contribution in [-0.2, 0) is 6.42 Å². The third-order valence-corrected chi connectivity index (χ3v) is 2.63. The van der Waals surface area contributed by atoms with Gasteiger partial charge in [0.15, 0.2) is 0 Å². The van der Waals surface area contributed by atoms with Crippen LogP contribution in [-0.4, -0.2) is 39.7 Å². The molecule has 0 aliphatic rings. The van der Waals surface area contributed by atoms with Crippen molar-refractivity contribution in [2.75, 3.05) is 27.2 Å². The molecule has 0 saturated heterocycles. The molecule has 0 spiro atoms. The lowest BCUT2D eigenvalue weighted by atomic mass is 10.1. The normalized spacial score (nSPS) is 11.6. The molecular weight excluding hydrogens is 224 g/mol. The third-order valence-electron chi connectivity index (χ3n) is 2.63. The number of likely N-dealkylation sites (N-methyl/N-ethyl adjacent to an activating group) is 1. The summed E-state index contributed by atoms with van der Waals surface area (Å²) in [6.07, 6.45) is 2.12. The van der Waals surface area contributed by atoms with E-state index in [9.17, 15) is 0 Å². The van der Waals surface area contributed by atoms with E-state index in [0.29, 0.717) is 6.54 Å². The first-order valence-corrected chi connectivity index (χ1v) is 6.23. The zero-order chi connectivity index (χ0) is 13.2. The lowest BCUT2D eigenvalue weighted by molar-refractivity contribution is 0.725. The monoisotopic (exact) mass is 246 g/mol. The van der Waals surface area contributed by atoms with Crippen molar-refractivity contribution in [1.82, 2.24) is 10.6 Å². The van der Waals surface area contributed by atoms with E-state index >= 15 is 0 Å². The number of hydrogen-bond donors (Lipinski definition) is 2. The lowest BCUT2D eigenvalue weighted by Crippen LogP contribution is -2.16. The van der Waals surface area contributed by atoms with Gasteiger partial charge in [-0.1, -0.05) is 18.2 Å². The van der Waals surface area contributed by atoms with Crippen molar-refractivity contribution < 1.29 is 0 Å². The summed E-state index contributed by atoms with van der Waals surface area (Å²) in [4.78, 5) is 8.49. The van der Waals surface area contributed by atoms with E-state index in [1.54, 1.807) is 0 Å². The molecule has 0 aromatic heterocycles. The molecule has 1 aromatic rings. The second-order valence-corrected chi connectivity index (χ2v) is 4.05. The third kappa shape index (κ3) is 4.77. The van der Waals surface area contributed by atoms with Crippen molar-refractivity contribution in [3.8, 4) is 0 Å². The first-order chi connectivity index (χ1) is 8.81. The van der Waals surface area contributed by atoms with Crippen molar-refractivity contribution in [3.05, 3.63) is 29.8 Å². The van der Waals surface area contributed by atoms with Crippen LogP contribution in [0.15, 0.2) is 34.3 Å². The maximum Gasteiger partial charge on any atom is 0.141 e. The fraction of sp³-hybridized carbons (Fsp3) is 0.429. The molecule has 0 aliphatic carbocycles. The summed E-state index contributed by atoms with van der Waals surface area (Å²) in [6.45, 7) is 5.20. The van der Waals surface area contributed by atoms with E-state index in [0.717, 1.165) is 30.9 Å².